The van der Waals surface area contributed by atoms with Crippen LogP contribution >= 0.6 is 0 Å². The second-order valence-electron chi connectivity index (χ2n) is 6.38. The third-order valence-corrected chi connectivity index (χ3v) is 3.87. The van der Waals surface area contributed by atoms with Gasteiger partial charge in [0.25, 0.3) is 0 Å². The Morgan fingerprint density at radius 2 is 1.57 bits per heavy atom. The predicted octanol–water partition coefficient (Wildman–Crippen LogP) is 3.77. The highest BCUT2D eigenvalue weighted by Crippen LogP contribution is 2.04. The molecule has 0 spiro atoms. The molecule has 3 N–H and O–H groups in total. The molecule has 0 aliphatic rings. The van der Waals surface area contributed by atoms with Crippen LogP contribution in [0.2, 0.25) is 0 Å². The van der Waals surface area contributed by atoms with E-state index in [0.717, 1.165) is 19.3 Å². The van der Waals surface area contributed by atoms with Gasteiger partial charge in [0.05, 0.1) is 25.4 Å². The lowest BCUT2D eigenvalue weighted by atomic mass is 10.1. The maximum absolute atomic E-state index is 10.9. The first-order valence-corrected chi connectivity index (χ1v) is 9.92. The number of rotatable bonds is 15. The largest absolute Gasteiger partial charge is 0.469 e. The van der Waals surface area contributed by atoms with E-state index in [1.807, 2.05) is 36.5 Å². The predicted molar refractivity (Wildman–Crippen MR) is 114 cm³/mol. The molecule has 3 atom stereocenters. The molecular weight excluding hydrogens is 356 g/mol. The maximum atomic E-state index is 10.9. The summed E-state index contributed by atoms with van der Waals surface area (Å²) in [6.45, 7) is 2.06. The Hall–Kier alpha value is -1.95. The number of aliphatic hydroxyl groups is 3. The van der Waals surface area contributed by atoms with E-state index in [1.165, 1.54) is 7.11 Å². The molecule has 0 aliphatic carbocycles. The van der Waals surface area contributed by atoms with Crippen LogP contribution in [0.3, 0.4) is 0 Å². The fraction of sp³-hybridized carbons (Fsp3) is 0.522. The molecule has 0 saturated carbocycles. The van der Waals surface area contributed by atoms with E-state index in [0.29, 0.717) is 25.7 Å². The number of esters is 1. The average molecular weight is 393 g/mol. The summed E-state index contributed by atoms with van der Waals surface area (Å²) in [7, 11) is 1.35. The van der Waals surface area contributed by atoms with Crippen molar-refractivity contribution in [3.05, 3.63) is 60.8 Å². The number of ether oxygens (including phenoxy) is 1. The van der Waals surface area contributed by atoms with Crippen LogP contribution in [0.15, 0.2) is 60.8 Å². The number of carbonyl (C=O) groups excluding carboxylic acids is 1. The summed E-state index contributed by atoms with van der Waals surface area (Å²) in [5, 5.41) is 29.4. The molecule has 0 saturated heterocycles. The van der Waals surface area contributed by atoms with Gasteiger partial charge in [0.1, 0.15) is 0 Å². The molecule has 5 nitrogen and oxygen atoms in total. The van der Waals surface area contributed by atoms with Gasteiger partial charge in [-0.25, -0.2) is 0 Å². The maximum Gasteiger partial charge on any atom is 0.305 e. The summed E-state index contributed by atoms with van der Waals surface area (Å²) in [6.07, 6.45) is 20.6. The molecule has 0 aromatic carbocycles. The summed E-state index contributed by atoms with van der Waals surface area (Å²) in [6, 6.07) is 0. The van der Waals surface area contributed by atoms with E-state index < -0.39 is 18.3 Å². The quantitative estimate of drug-likeness (QED) is 0.171. The average Bonchev–Trinajstić information content (AvgIpc) is 2.69. The lowest BCUT2D eigenvalue weighted by Gasteiger charge is -2.11. The first-order valence-electron chi connectivity index (χ1n) is 9.92. The molecule has 0 radical (unpaired) electrons. The number of aliphatic hydroxyl groups excluding tert-OH is 3. The first-order chi connectivity index (χ1) is 13.5. The number of carbonyl (C=O) groups is 1. The molecule has 0 amide bonds. The van der Waals surface area contributed by atoms with Crippen LogP contribution in [0.5, 0.6) is 0 Å². The Morgan fingerprint density at radius 3 is 2.29 bits per heavy atom. The van der Waals surface area contributed by atoms with E-state index >= 15 is 0 Å². The van der Waals surface area contributed by atoms with Gasteiger partial charge >= 0.3 is 5.97 Å². The highest BCUT2D eigenvalue weighted by Gasteiger charge is 2.10. The molecule has 3 unspecified atom stereocenters. The molecule has 0 heterocycles. The summed E-state index contributed by atoms with van der Waals surface area (Å²) < 4.78 is 4.54. The normalized spacial score (nSPS) is 16.0. The van der Waals surface area contributed by atoms with E-state index in [-0.39, 0.29) is 5.97 Å². The van der Waals surface area contributed by atoms with E-state index in [2.05, 4.69) is 11.7 Å². The van der Waals surface area contributed by atoms with E-state index in [4.69, 9.17) is 0 Å². The summed E-state index contributed by atoms with van der Waals surface area (Å²) in [4.78, 5) is 10.9. The summed E-state index contributed by atoms with van der Waals surface area (Å²) in [5.74, 6) is -0.268. The standard InChI is InChI=1S/C23H36O5/c1-3-4-10-15-20(24)16-11-7-5-6-8-12-17-21(25)22(26)18-13-9-14-19-23(27)28-2/h4,6,8-13,16-17,20-22,24-26H,3,5,7,14-15,18-19H2,1-2H3/b8-6+,10-4-,13-9-,16-11+,17-12+. The Balaban J connectivity index is 3.92. The number of hydrogen-bond acceptors (Lipinski definition) is 5. The van der Waals surface area contributed by atoms with Gasteiger partial charge in [0.2, 0.25) is 0 Å². The molecule has 0 rings (SSSR count). The Bertz CT molecular complexity index is 531. The highest BCUT2D eigenvalue weighted by molar-refractivity contribution is 5.69. The molecule has 158 valence electrons. The Morgan fingerprint density at radius 1 is 0.857 bits per heavy atom. The zero-order valence-electron chi connectivity index (χ0n) is 17.1. The van der Waals surface area contributed by atoms with Crippen molar-refractivity contribution in [2.24, 2.45) is 0 Å². The van der Waals surface area contributed by atoms with Crippen LogP contribution in [0.25, 0.3) is 0 Å². The minimum Gasteiger partial charge on any atom is -0.469 e. The van der Waals surface area contributed by atoms with Crippen molar-refractivity contribution in [1.82, 2.24) is 0 Å². The van der Waals surface area contributed by atoms with Gasteiger partial charge in [0.15, 0.2) is 0 Å². The monoisotopic (exact) mass is 392 g/mol. The van der Waals surface area contributed by atoms with E-state index in [9.17, 15) is 20.1 Å². The topological polar surface area (TPSA) is 87.0 Å². The molecule has 28 heavy (non-hydrogen) atoms. The van der Waals surface area contributed by atoms with Crippen LogP contribution < -0.4 is 0 Å². The minimum atomic E-state index is -0.943. The van der Waals surface area contributed by atoms with Crippen LogP contribution in [-0.4, -0.2) is 46.7 Å². The second kappa shape index (κ2) is 18.4. The molecule has 0 aliphatic heterocycles. The van der Waals surface area contributed by atoms with Crippen molar-refractivity contribution in [3.63, 3.8) is 0 Å². The van der Waals surface area contributed by atoms with Crippen molar-refractivity contribution in [2.45, 2.75) is 70.2 Å². The van der Waals surface area contributed by atoms with Gasteiger partial charge in [-0.2, -0.15) is 0 Å². The molecule has 0 fully saturated rings. The zero-order chi connectivity index (χ0) is 21.0. The van der Waals surface area contributed by atoms with Crippen molar-refractivity contribution in [1.29, 1.82) is 0 Å². The van der Waals surface area contributed by atoms with Gasteiger partial charge in [-0.15, -0.1) is 0 Å². The molecule has 0 bridgehead atoms. The van der Waals surface area contributed by atoms with Crippen molar-refractivity contribution < 1.29 is 24.9 Å². The Kier molecular flexibility index (Phi) is 17.1. The van der Waals surface area contributed by atoms with Crippen molar-refractivity contribution >= 4 is 5.97 Å². The first kappa shape index (κ1) is 26.1. The fourth-order valence-corrected chi connectivity index (χ4v) is 2.20. The van der Waals surface area contributed by atoms with Crippen LogP contribution in [0.1, 0.15) is 51.9 Å². The van der Waals surface area contributed by atoms with Gasteiger partial charge in [-0.1, -0.05) is 67.7 Å². The molecule has 5 heteroatoms. The zero-order valence-corrected chi connectivity index (χ0v) is 17.1. The smallest absolute Gasteiger partial charge is 0.305 e. The third kappa shape index (κ3) is 16.2. The van der Waals surface area contributed by atoms with Gasteiger partial charge in [-0.3, -0.25) is 4.79 Å². The highest BCUT2D eigenvalue weighted by atomic mass is 16.5. The summed E-state index contributed by atoms with van der Waals surface area (Å²) >= 11 is 0. The Labute approximate surface area is 169 Å². The number of methoxy groups -OCH3 is 1. The van der Waals surface area contributed by atoms with Crippen LogP contribution in [0, 0.1) is 0 Å². The third-order valence-electron chi connectivity index (χ3n) is 3.87. The van der Waals surface area contributed by atoms with E-state index in [1.54, 1.807) is 24.3 Å². The summed E-state index contributed by atoms with van der Waals surface area (Å²) in [5.41, 5.74) is 0. The SMILES string of the molecule is CC/C=C\CC(O)/C=C/CC/C=C/C=C/C(O)C(O)C/C=C\CCC(=O)OC. The second-order valence-corrected chi connectivity index (χ2v) is 6.38. The molecule has 0 aromatic rings. The van der Waals surface area contributed by atoms with Gasteiger partial charge in [-0.05, 0) is 38.5 Å². The van der Waals surface area contributed by atoms with Crippen LogP contribution in [0.4, 0.5) is 0 Å². The van der Waals surface area contributed by atoms with Gasteiger partial charge < -0.3 is 20.1 Å². The minimum absolute atomic E-state index is 0.268. The number of hydrogen-bond donors (Lipinski definition) is 3. The number of unbranched alkanes of at least 4 members (excludes halogenated alkanes) is 1. The van der Waals surface area contributed by atoms with Crippen molar-refractivity contribution in [3.8, 4) is 0 Å². The molecular formula is C23H36O5. The van der Waals surface area contributed by atoms with Gasteiger partial charge in [0, 0.05) is 6.42 Å². The van der Waals surface area contributed by atoms with Crippen molar-refractivity contribution in [2.75, 3.05) is 7.11 Å². The fourth-order valence-electron chi connectivity index (χ4n) is 2.20. The van der Waals surface area contributed by atoms with Crippen LogP contribution in [-0.2, 0) is 9.53 Å². The lowest BCUT2D eigenvalue weighted by molar-refractivity contribution is -0.140. The number of allylic oxidation sites excluding steroid dienone is 6. The lowest BCUT2D eigenvalue weighted by Crippen LogP contribution is -2.22. The molecule has 0 aromatic heterocycles.